The molecule has 1 amide bonds. The average Bonchev–Trinajstić information content (AvgIpc) is 2.55. The van der Waals surface area contributed by atoms with E-state index in [-0.39, 0.29) is 30.7 Å². The van der Waals surface area contributed by atoms with Gasteiger partial charge in [0.15, 0.2) is 5.96 Å². The molecule has 0 bridgehead atoms. The lowest BCUT2D eigenvalue weighted by Gasteiger charge is -2.33. The molecule has 1 aromatic heterocycles. The molecule has 2 aromatic rings. The Morgan fingerprint density at radius 2 is 2.00 bits per heavy atom. The molecule has 0 aliphatic carbocycles. The Kier molecular flexibility index (Phi) is 5.13. The molecular formula is C18H20ClFN4O. The SMILES string of the molecule is Cc1cc(-c2cccc(C3(C)CC(=O)N(C)C(N)=N3)c2)cnc1F.Cl. The van der Waals surface area contributed by atoms with Gasteiger partial charge in [0.1, 0.15) is 0 Å². The van der Waals surface area contributed by atoms with Gasteiger partial charge in [-0.15, -0.1) is 12.4 Å². The van der Waals surface area contributed by atoms with Crippen molar-refractivity contribution in [3.05, 3.63) is 53.6 Å². The van der Waals surface area contributed by atoms with E-state index in [1.54, 1.807) is 20.0 Å². The minimum atomic E-state index is -0.716. The second-order valence-electron chi connectivity index (χ2n) is 6.29. The van der Waals surface area contributed by atoms with Crippen LogP contribution in [0.3, 0.4) is 0 Å². The number of aliphatic imine (C=N–C) groups is 1. The first kappa shape index (κ1) is 18.9. The fourth-order valence-electron chi connectivity index (χ4n) is 2.82. The lowest BCUT2D eigenvalue weighted by atomic mass is 9.86. The first-order chi connectivity index (χ1) is 11.3. The van der Waals surface area contributed by atoms with Crippen molar-refractivity contribution in [1.29, 1.82) is 0 Å². The van der Waals surface area contributed by atoms with E-state index in [0.29, 0.717) is 5.56 Å². The quantitative estimate of drug-likeness (QED) is 0.835. The number of carbonyl (C=O) groups is 1. The number of rotatable bonds is 2. The summed E-state index contributed by atoms with van der Waals surface area (Å²) in [6, 6.07) is 9.43. The van der Waals surface area contributed by atoms with Gasteiger partial charge in [-0.25, -0.2) is 9.98 Å². The highest BCUT2D eigenvalue weighted by Gasteiger charge is 2.36. The topological polar surface area (TPSA) is 71.6 Å². The smallest absolute Gasteiger partial charge is 0.231 e. The number of nitrogens with two attached hydrogens (primary N) is 1. The molecule has 0 spiro atoms. The predicted octanol–water partition coefficient (Wildman–Crippen LogP) is 3.01. The zero-order valence-corrected chi connectivity index (χ0v) is 15.1. The average molecular weight is 363 g/mol. The summed E-state index contributed by atoms with van der Waals surface area (Å²) in [5, 5.41) is 0. The summed E-state index contributed by atoms with van der Waals surface area (Å²) in [4.78, 5) is 21.8. The number of aryl methyl sites for hydroxylation is 1. The number of hydrogen-bond donors (Lipinski definition) is 1. The Labute approximate surface area is 152 Å². The zero-order chi connectivity index (χ0) is 17.5. The van der Waals surface area contributed by atoms with Gasteiger partial charge in [0, 0.05) is 24.4 Å². The van der Waals surface area contributed by atoms with Gasteiger partial charge < -0.3 is 5.73 Å². The molecule has 5 nitrogen and oxygen atoms in total. The van der Waals surface area contributed by atoms with Gasteiger partial charge in [-0.05, 0) is 37.1 Å². The summed E-state index contributed by atoms with van der Waals surface area (Å²) in [6.45, 7) is 3.57. The van der Waals surface area contributed by atoms with Crippen LogP contribution in [0.1, 0.15) is 24.5 Å². The van der Waals surface area contributed by atoms with Crippen LogP contribution < -0.4 is 5.73 Å². The lowest BCUT2D eigenvalue weighted by molar-refractivity contribution is -0.128. The van der Waals surface area contributed by atoms with Crippen LogP contribution in [0.4, 0.5) is 4.39 Å². The molecule has 132 valence electrons. The number of halogens is 2. The van der Waals surface area contributed by atoms with E-state index in [2.05, 4.69) is 9.98 Å². The number of guanidine groups is 1. The van der Waals surface area contributed by atoms with Crippen molar-refractivity contribution in [3.63, 3.8) is 0 Å². The van der Waals surface area contributed by atoms with Crippen LogP contribution in [0, 0.1) is 12.9 Å². The van der Waals surface area contributed by atoms with Gasteiger partial charge >= 0.3 is 0 Å². The number of aromatic nitrogens is 1. The van der Waals surface area contributed by atoms with Crippen molar-refractivity contribution >= 4 is 24.3 Å². The molecule has 1 aliphatic rings. The standard InChI is InChI=1S/C18H19FN4O.ClH/c1-11-7-13(10-21-16(11)19)12-5-4-6-14(8-12)18(2)9-15(24)23(3)17(20)22-18;/h4-8,10H,9H2,1-3H3,(H2,20,22);1H. The Morgan fingerprint density at radius 3 is 2.64 bits per heavy atom. The largest absolute Gasteiger partial charge is 0.369 e. The molecule has 0 fully saturated rings. The van der Waals surface area contributed by atoms with Gasteiger partial charge in [0.2, 0.25) is 11.9 Å². The Hall–Kier alpha value is -2.47. The van der Waals surface area contributed by atoms with Crippen molar-refractivity contribution in [2.45, 2.75) is 25.8 Å². The van der Waals surface area contributed by atoms with Crippen molar-refractivity contribution in [2.75, 3.05) is 7.05 Å². The molecule has 25 heavy (non-hydrogen) atoms. The molecular weight excluding hydrogens is 343 g/mol. The van der Waals surface area contributed by atoms with Crippen LogP contribution >= 0.6 is 12.4 Å². The molecule has 1 aliphatic heterocycles. The Morgan fingerprint density at radius 1 is 1.28 bits per heavy atom. The molecule has 0 saturated carbocycles. The normalized spacial score (nSPS) is 20.1. The second kappa shape index (κ2) is 6.80. The molecule has 1 atom stereocenters. The minimum absolute atomic E-state index is 0. The molecule has 0 saturated heterocycles. The highest BCUT2D eigenvalue weighted by molar-refractivity contribution is 5.98. The third-order valence-corrected chi connectivity index (χ3v) is 4.41. The van der Waals surface area contributed by atoms with E-state index in [9.17, 15) is 9.18 Å². The van der Waals surface area contributed by atoms with Crippen LogP contribution in [-0.2, 0) is 10.3 Å². The maximum atomic E-state index is 13.4. The molecule has 2 N–H and O–H groups in total. The van der Waals surface area contributed by atoms with E-state index < -0.39 is 11.5 Å². The molecule has 0 radical (unpaired) electrons. The third-order valence-electron chi connectivity index (χ3n) is 4.41. The van der Waals surface area contributed by atoms with Crippen molar-refractivity contribution in [1.82, 2.24) is 9.88 Å². The Balaban J connectivity index is 0.00000225. The van der Waals surface area contributed by atoms with Crippen molar-refractivity contribution in [3.8, 4) is 11.1 Å². The molecule has 3 rings (SSSR count). The van der Waals surface area contributed by atoms with E-state index in [1.165, 1.54) is 11.1 Å². The van der Waals surface area contributed by atoms with E-state index in [0.717, 1.165) is 16.7 Å². The van der Waals surface area contributed by atoms with Gasteiger partial charge in [0.05, 0.1) is 12.0 Å². The Bertz CT molecular complexity index is 855. The van der Waals surface area contributed by atoms with Crippen LogP contribution in [-0.4, -0.2) is 28.8 Å². The first-order valence-electron chi connectivity index (χ1n) is 7.65. The van der Waals surface area contributed by atoms with Crippen LogP contribution in [0.15, 0.2) is 41.5 Å². The van der Waals surface area contributed by atoms with Crippen LogP contribution in [0.2, 0.25) is 0 Å². The van der Waals surface area contributed by atoms with E-state index in [4.69, 9.17) is 5.73 Å². The number of carbonyl (C=O) groups excluding carboxylic acids is 1. The maximum Gasteiger partial charge on any atom is 0.231 e. The minimum Gasteiger partial charge on any atom is -0.369 e. The molecule has 2 heterocycles. The van der Waals surface area contributed by atoms with Crippen molar-refractivity contribution < 1.29 is 9.18 Å². The van der Waals surface area contributed by atoms with Gasteiger partial charge in [0.25, 0.3) is 0 Å². The monoisotopic (exact) mass is 362 g/mol. The van der Waals surface area contributed by atoms with Gasteiger partial charge in [-0.2, -0.15) is 4.39 Å². The maximum absolute atomic E-state index is 13.4. The lowest BCUT2D eigenvalue weighted by Crippen LogP contribution is -2.47. The van der Waals surface area contributed by atoms with Gasteiger partial charge in [-0.1, -0.05) is 18.2 Å². The first-order valence-corrected chi connectivity index (χ1v) is 7.65. The third kappa shape index (κ3) is 3.49. The van der Waals surface area contributed by atoms with Crippen molar-refractivity contribution in [2.24, 2.45) is 10.7 Å². The molecule has 7 heteroatoms. The summed E-state index contributed by atoms with van der Waals surface area (Å²) in [6.07, 6.45) is 1.75. The summed E-state index contributed by atoms with van der Waals surface area (Å²) in [5.74, 6) is -0.340. The molecule has 1 unspecified atom stereocenters. The summed E-state index contributed by atoms with van der Waals surface area (Å²) < 4.78 is 13.4. The van der Waals surface area contributed by atoms with E-state index in [1.807, 2.05) is 31.2 Å². The van der Waals surface area contributed by atoms with E-state index >= 15 is 0 Å². The predicted molar refractivity (Wildman–Crippen MR) is 98.0 cm³/mol. The number of hydrogen-bond acceptors (Lipinski definition) is 4. The van der Waals surface area contributed by atoms with Gasteiger partial charge in [-0.3, -0.25) is 9.69 Å². The highest BCUT2D eigenvalue weighted by Crippen LogP contribution is 2.35. The number of pyridine rings is 1. The number of nitrogens with zero attached hydrogens (tertiary/aromatic N) is 3. The number of amides is 1. The summed E-state index contributed by atoms with van der Waals surface area (Å²) in [7, 11) is 1.62. The number of benzene rings is 1. The van der Waals surface area contributed by atoms with Crippen LogP contribution in [0.5, 0.6) is 0 Å². The van der Waals surface area contributed by atoms with Crippen LogP contribution in [0.25, 0.3) is 11.1 Å². The summed E-state index contributed by atoms with van der Waals surface area (Å²) in [5.41, 5.74) is 8.23. The highest BCUT2D eigenvalue weighted by atomic mass is 35.5. The second-order valence-corrected chi connectivity index (χ2v) is 6.29. The fraction of sp³-hybridized carbons (Fsp3) is 0.278. The fourth-order valence-corrected chi connectivity index (χ4v) is 2.82. The summed E-state index contributed by atoms with van der Waals surface area (Å²) >= 11 is 0. The zero-order valence-electron chi connectivity index (χ0n) is 14.3. The molecule has 1 aromatic carbocycles.